The normalized spacial score (nSPS) is 15.7. The summed E-state index contributed by atoms with van der Waals surface area (Å²) in [5.41, 5.74) is 1.72. The number of aromatic amines is 1. The summed E-state index contributed by atoms with van der Waals surface area (Å²) in [5, 5.41) is 13.3. The van der Waals surface area contributed by atoms with Crippen LogP contribution in [-0.4, -0.2) is 32.3 Å². The van der Waals surface area contributed by atoms with Gasteiger partial charge in [0.1, 0.15) is 0 Å². The van der Waals surface area contributed by atoms with Gasteiger partial charge in [-0.05, 0) is 25.8 Å². The van der Waals surface area contributed by atoms with E-state index in [4.69, 9.17) is 0 Å². The molecule has 4 rings (SSSR count). The first-order valence-electron chi connectivity index (χ1n) is 7.58. The van der Waals surface area contributed by atoms with Crippen LogP contribution in [0.5, 0.6) is 0 Å². The Morgan fingerprint density at radius 2 is 2.22 bits per heavy atom. The smallest absolute Gasteiger partial charge is 0.206 e. The summed E-state index contributed by atoms with van der Waals surface area (Å²) in [6, 6.07) is 8.42. The Labute approximate surface area is 141 Å². The number of carbonyl (C=O) groups excluding carboxylic acids is 1. The fourth-order valence-corrected chi connectivity index (χ4v) is 4.46. The van der Waals surface area contributed by atoms with Crippen molar-refractivity contribution in [3.63, 3.8) is 0 Å². The zero-order valence-electron chi connectivity index (χ0n) is 12.6. The highest BCUT2D eigenvalue weighted by atomic mass is 32.2. The second kappa shape index (κ2) is 5.98. The number of benzene rings is 1. The number of nitrogens with zero attached hydrogens (tertiary/aromatic N) is 2. The van der Waals surface area contributed by atoms with Crippen molar-refractivity contribution < 1.29 is 4.79 Å². The van der Waals surface area contributed by atoms with Gasteiger partial charge in [0.2, 0.25) is 5.13 Å². The van der Waals surface area contributed by atoms with Crippen LogP contribution in [0.1, 0.15) is 30.1 Å². The molecule has 5 nitrogen and oxygen atoms in total. The number of carbonyl (C=O) groups is 1. The van der Waals surface area contributed by atoms with Crippen molar-refractivity contribution in [3.05, 3.63) is 36.0 Å². The molecule has 1 fully saturated rings. The molecule has 2 aromatic heterocycles. The quantitative estimate of drug-likeness (QED) is 0.523. The highest BCUT2D eigenvalue weighted by Crippen LogP contribution is 2.33. The minimum absolute atomic E-state index is 0.111. The number of H-pyrrole nitrogens is 1. The lowest BCUT2D eigenvalue weighted by molar-refractivity contribution is 0.0995. The van der Waals surface area contributed by atoms with Crippen molar-refractivity contribution in [2.45, 2.75) is 35.4 Å². The first kappa shape index (κ1) is 14.7. The molecule has 1 aliphatic carbocycles. The molecule has 0 spiro atoms. The van der Waals surface area contributed by atoms with Crippen LogP contribution in [-0.2, 0) is 0 Å². The fraction of sp³-hybridized carbons (Fsp3) is 0.312. The van der Waals surface area contributed by atoms with Gasteiger partial charge in [0.15, 0.2) is 10.1 Å². The summed E-state index contributed by atoms with van der Waals surface area (Å²) in [5.74, 6) is 0.111. The number of para-hydroxylation sites is 1. The van der Waals surface area contributed by atoms with E-state index in [1.807, 2.05) is 31.2 Å². The van der Waals surface area contributed by atoms with Gasteiger partial charge in [-0.15, -0.1) is 10.2 Å². The first-order valence-corrected chi connectivity index (χ1v) is 9.27. The van der Waals surface area contributed by atoms with Crippen LogP contribution in [0.15, 0.2) is 34.8 Å². The molecule has 118 valence electrons. The van der Waals surface area contributed by atoms with Gasteiger partial charge in [-0.25, -0.2) is 0 Å². The first-order chi connectivity index (χ1) is 11.2. The van der Waals surface area contributed by atoms with E-state index in [0.717, 1.165) is 25.9 Å². The van der Waals surface area contributed by atoms with Crippen molar-refractivity contribution in [3.8, 4) is 0 Å². The van der Waals surface area contributed by atoms with Crippen molar-refractivity contribution in [2.75, 3.05) is 5.32 Å². The Bertz CT molecular complexity index is 853. The van der Waals surface area contributed by atoms with Gasteiger partial charge in [0.05, 0.1) is 5.25 Å². The van der Waals surface area contributed by atoms with Gasteiger partial charge in [-0.1, -0.05) is 41.3 Å². The molecule has 23 heavy (non-hydrogen) atoms. The fourth-order valence-electron chi connectivity index (χ4n) is 2.42. The van der Waals surface area contributed by atoms with Crippen LogP contribution in [0.2, 0.25) is 0 Å². The summed E-state index contributed by atoms with van der Waals surface area (Å²) in [6.45, 7) is 1.92. The molecule has 1 aromatic carbocycles. The highest BCUT2D eigenvalue weighted by molar-refractivity contribution is 8.02. The molecule has 0 bridgehead atoms. The van der Waals surface area contributed by atoms with Gasteiger partial charge in [-0.3, -0.25) is 4.79 Å². The minimum Gasteiger partial charge on any atom is -0.360 e. The number of hydrogen-bond donors (Lipinski definition) is 2. The van der Waals surface area contributed by atoms with Crippen molar-refractivity contribution in [1.82, 2.24) is 15.2 Å². The number of thioether (sulfide) groups is 1. The Balaban J connectivity index is 1.48. The van der Waals surface area contributed by atoms with Crippen LogP contribution >= 0.6 is 23.1 Å². The van der Waals surface area contributed by atoms with E-state index in [2.05, 4.69) is 20.5 Å². The third-order valence-electron chi connectivity index (χ3n) is 3.81. The minimum atomic E-state index is -0.198. The summed E-state index contributed by atoms with van der Waals surface area (Å²) in [7, 11) is 0. The predicted octanol–water partition coefficient (Wildman–Crippen LogP) is 3.96. The Morgan fingerprint density at radius 1 is 1.39 bits per heavy atom. The van der Waals surface area contributed by atoms with Crippen molar-refractivity contribution in [1.29, 1.82) is 0 Å². The molecule has 2 N–H and O–H groups in total. The molecular formula is C16H16N4OS2. The van der Waals surface area contributed by atoms with Gasteiger partial charge in [0.25, 0.3) is 0 Å². The standard InChI is InChI=1S/C16H16N4OS2/c1-9(22-16-20-19-15(23-16)18-10-6-7-10)14(21)12-8-17-13-5-3-2-4-11(12)13/h2-5,8-10,17H,6-7H2,1H3,(H,18,19)/t9-/m1/s1. The van der Waals surface area contributed by atoms with E-state index < -0.39 is 0 Å². The average molecular weight is 344 g/mol. The number of nitrogens with one attached hydrogen (secondary N) is 2. The number of ketones is 1. The van der Waals surface area contributed by atoms with Crippen LogP contribution in [0.4, 0.5) is 5.13 Å². The molecule has 0 unspecified atom stereocenters. The zero-order chi connectivity index (χ0) is 15.8. The molecule has 0 amide bonds. The molecule has 1 aliphatic rings. The van der Waals surface area contributed by atoms with E-state index in [-0.39, 0.29) is 11.0 Å². The number of aromatic nitrogens is 3. The van der Waals surface area contributed by atoms with E-state index in [1.54, 1.807) is 6.20 Å². The molecule has 3 aromatic rings. The molecule has 0 saturated heterocycles. The van der Waals surface area contributed by atoms with Gasteiger partial charge < -0.3 is 10.3 Å². The summed E-state index contributed by atoms with van der Waals surface area (Å²) in [6.07, 6.45) is 4.21. The number of anilines is 1. The number of Topliss-reactive ketones (excluding diaryl/α,β-unsaturated/α-hetero) is 1. The topological polar surface area (TPSA) is 70.7 Å². The van der Waals surface area contributed by atoms with Crippen LogP contribution in [0.25, 0.3) is 10.9 Å². The maximum atomic E-state index is 12.7. The summed E-state index contributed by atoms with van der Waals surface area (Å²) in [4.78, 5) is 15.9. The molecule has 1 atom stereocenters. The largest absolute Gasteiger partial charge is 0.360 e. The Kier molecular flexibility index (Phi) is 3.82. The second-order valence-corrected chi connectivity index (χ2v) is 8.23. The van der Waals surface area contributed by atoms with Crippen LogP contribution < -0.4 is 5.32 Å². The summed E-state index contributed by atoms with van der Waals surface area (Å²) < 4.78 is 0.828. The lowest BCUT2D eigenvalue weighted by Gasteiger charge is -2.06. The number of fused-ring (bicyclic) bond motifs is 1. The van der Waals surface area contributed by atoms with E-state index >= 15 is 0 Å². The van der Waals surface area contributed by atoms with Crippen LogP contribution in [0.3, 0.4) is 0 Å². The van der Waals surface area contributed by atoms with E-state index in [9.17, 15) is 4.79 Å². The van der Waals surface area contributed by atoms with Gasteiger partial charge in [0, 0.05) is 28.7 Å². The van der Waals surface area contributed by atoms with E-state index in [0.29, 0.717) is 6.04 Å². The maximum Gasteiger partial charge on any atom is 0.206 e. The second-order valence-electron chi connectivity index (χ2n) is 5.66. The lowest BCUT2D eigenvalue weighted by atomic mass is 10.1. The lowest BCUT2D eigenvalue weighted by Crippen LogP contribution is -2.12. The average Bonchev–Trinajstić information content (AvgIpc) is 3.09. The third-order valence-corrected chi connectivity index (χ3v) is 5.85. The number of hydrogen-bond acceptors (Lipinski definition) is 6. The molecule has 0 aliphatic heterocycles. The van der Waals surface area contributed by atoms with Crippen molar-refractivity contribution >= 4 is 44.9 Å². The van der Waals surface area contributed by atoms with Gasteiger partial charge >= 0.3 is 0 Å². The van der Waals surface area contributed by atoms with Crippen molar-refractivity contribution in [2.24, 2.45) is 0 Å². The summed E-state index contributed by atoms with van der Waals surface area (Å²) >= 11 is 2.99. The predicted molar refractivity (Wildman–Crippen MR) is 94.5 cm³/mol. The SMILES string of the molecule is C[C@@H](Sc1nnc(NC2CC2)s1)C(=O)c1c[nH]c2ccccc12. The Hall–Kier alpha value is -1.86. The maximum absolute atomic E-state index is 12.7. The third kappa shape index (κ3) is 3.11. The highest BCUT2D eigenvalue weighted by Gasteiger charge is 2.24. The molecule has 2 heterocycles. The Morgan fingerprint density at radius 3 is 3.04 bits per heavy atom. The molecule has 7 heteroatoms. The molecular weight excluding hydrogens is 328 g/mol. The van der Waals surface area contributed by atoms with Crippen LogP contribution in [0, 0.1) is 0 Å². The van der Waals surface area contributed by atoms with Gasteiger partial charge in [-0.2, -0.15) is 0 Å². The monoisotopic (exact) mass is 344 g/mol. The zero-order valence-corrected chi connectivity index (χ0v) is 14.2. The molecule has 1 saturated carbocycles. The number of rotatable bonds is 6. The molecule has 0 radical (unpaired) electrons. The van der Waals surface area contributed by atoms with E-state index in [1.165, 1.54) is 35.9 Å².